The molecule has 0 saturated carbocycles. The Morgan fingerprint density at radius 1 is 1.15 bits per heavy atom. The van der Waals surface area contributed by atoms with E-state index in [2.05, 4.69) is 29.2 Å². The summed E-state index contributed by atoms with van der Waals surface area (Å²) in [6.07, 6.45) is 1.17. The summed E-state index contributed by atoms with van der Waals surface area (Å²) >= 11 is 0. The normalized spacial score (nSPS) is 18.2. The molecule has 1 heterocycles. The van der Waals surface area contributed by atoms with Crippen molar-refractivity contribution in [2.75, 3.05) is 30.8 Å². The first-order valence-electron chi connectivity index (χ1n) is 7.01. The molecule has 0 spiro atoms. The van der Waals surface area contributed by atoms with Crippen LogP contribution in [0.3, 0.4) is 0 Å². The van der Waals surface area contributed by atoms with E-state index in [1.54, 1.807) is 7.11 Å². The summed E-state index contributed by atoms with van der Waals surface area (Å²) in [4.78, 5) is 2.41. The largest absolute Gasteiger partial charge is 0.497 e. The van der Waals surface area contributed by atoms with E-state index in [0.717, 1.165) is 24.5 Å². The molecule has 1 aliphatic heterocycles. The molecule has 0 bridgehead atoms. The average Bonchev–Trinajstić information content (AvgIpc) is 2.97. The first kappa shape index (κ1) is 12.9. The maximum Gasteiger partial charge on any atom is 0.120 e. The summed E-state index contributed by atoms with van der Waals surface area (Å²) in [5.74, 6) is 1.47. The van der Waals surface area contributed by atoms with E-state index in [0.29, 0.717) is 5.92 Å². The molecule has 0 aromatic heterocycles. The van der Waals surface area contributed by atoms with Gasteiger partial charge in [-0.15, -0.1) is 0 Å². The molecule has 1 aliphatic rings. The maximum atomic E-state index is 5.88. The zero-order valence-corrected chi connectivity index (χ0v) is 11.8. The summed E-state index contributed by atoms with van der Waals surface area (Å²) in [5, 5.41) is 0. The van der Waals surface area contributed by atoms with Gasteiger partial charge in [0, 0.05) is 36.4 Å². The minimum Gasteiger partial charge on any atom is -0.497 e. The van der Waals surface area contributed by atoms with Gasteiger partial charge in [-0.25, -0.2) is 0 Å². The minimum absolute atomic E-state index is 0.560. The van der Waals surface area contributed by atoms with Gasteiger partial charge in [0.1, 0.15) is 5.75 Å². The Bertz CT molecular complexity index is 597. The maximum absolute atomic E-state index is 5.88. The predicted octanol–water partition coefficient (Wildman–Crippen LogP) is 3.27. The lowest BCUT2D eigenvalue weighted by atomic mass is 9.98. The van der Waals surface area contributed by atoms with Gasteiger partial charge in [0.2, 0.25) is 0 Å². The third-order valence-electron chi connectivity index (χ3n) is 3.99. The molecule has 20 heavy (non-hydrogen) atoms. The van der Waals surface area contributed by atoms with Crippen LogP contribution in [0.15, 0.2) is 48.5 Å². The number of nitrogen functional groups attached to an aromatic ring is 1. The fourth-order valence-electron chi connectivity index (χ4n) is 2.89. The molecule has 0 radical (unpaired) electrons. The second kappa shape index (κ2) is 5.45. The van der Waals surface area contributed by atoms with Gasteiger partial charge in [-0.05, 0) is 36.2 Å². The molecule has 2 N–H and O–H groups in total. The highest BCUT2D eigenvalue weighted by Crippen LogP contribution is 2.32. The number of nitrogens with zero attached hydrogens (tertiary/aromatic N) is 1. The highest BCUT2D eigenvalue weighted by molar-refractivity contribution is 5.52. The lowest BCUT2D eigenvalue weighted by molar-refractivity contribution is 0.415. The van der Waals surface area contributed by atoms with Crippen molar-refractivity contribution in [3.05, 3.63) is 54.1 Å². The summed E-state index contributed by atoms with van der Waals surface area (Å²) in [6.45, 7) is 2.11. The highest BCUT2D eigenvalue weighted by atomic mass is 16.5. The van der Waals surface area contributed by atoms with Crippen LogP contribution in [0.2, 0.25) is 0 Å². The summed E-state index contributed by atoms with van der Waals surface area (Å²) in [7, 11) is 1.71. The van der Waals surface area contributed by atoms with Crippen LogP contribution in [0.25, 0.3) is 0 Å². The summed E-state index contributed by atoms with van der Waals surface area (Å²) < 4.78 is 5.30. The molecule has 1 unspecified atom stereocenters. The van der Waals surface area contributed by atoms with Crippen molar-refractivity contribution in [1.82, 2.24) is 0 Å². The molecule has 1 fully saturated rings. The second-order valence-electron chi connectivity index (χ2n) is 5.30. The molecule has 2 aromatic carbocycles. The van der Waals surface area contributed by atoms with Crippen molar-refractivity contribution in [3.63, 3.8) is 0 Å². The van der Waals surface area contributed by atoms with E-state index in [1.165, 1.54) is 17.7 Å². The Balaban J connectivity index is 1.76. The number of hydrogen-bond donors (Lipinski definition) is 1. The number of ether oxygens (including phenoxy) is 1. The van der Waals surface area contributed by atoms with Crippen LogP contribution in [-0.4, -0.2) is 20.2 Å². The average molecular weight is 268 g/mol. The zero-order chi connectivity index (χ0) is 13.9. The van der Waals surface area contributed by atoms with Crippen molar-refractivity contribution in [2.45, 2.75) is 12.3 Å². The van der Waals surface area contributed by atoms with Crippen LogP contribution in [0, 0.1) is 0 Å². The molecular weight excluding hydrogens is 248 g/mol. The second-order valence-corrected chi connectivity index (χ2v) is 5.30. The molecule has 1 atom stereocenters. The third-order valence-corrected chi connectivity index (χ3v) is 3.99. The van der Waals surface area contributed by atoms with Crippen LogP contribution < -0.4 is 15.4 Å². The Hall–Kier alpha value is -2.16. The smallest absolute Gasteiger partial charge is 0.120 e. The van der Waals surface area contributed by atoms with Gasteiger partial charge in [0.15, 0.2) is 0 Å². The zero-order valence-electron chi connectivity index (χ0n) is 11.8. The van der Waals surface area contributed by atoms with Gasteiger partial charge >= 0.3 is 0 Å². The van der Waals surface area contributed by atoms with E-state index in [4.69, 9.17) is 10.5 Å². The van der Waals surface area contributed by atoms with Crippen LogP contribution in [0.1, 0.15) is 17.9 Å². The molecule has 104 valence electrons. The third kappa shape index (κ3) is 2.57. The Kier molecular flexibility index (Phi) is 3.50. The van der Waals surface area contributed by atoms with Crippen molar-refractivity contribution < 1.29 is 4.74 Å². The first-order valence-corrected chi connectivity index (χ1v) is 7.01. The number of nitrogens with two attached hydrogens (primary N) is 1. The summed E-state index contributed by atoms with van der Waals surface area (Å²) in [5.41, 5.74) is 9.30. The predicted molar refractivity (Wildman–Crippen MR) is 83.4 cm³/mol. The standard InChI is InChI=1S/C17H20N2O/c1-20-17-7-3-6-16(11-17)19-9-8-14(12-19)13-4-2-5-15(18)10-13/h2-7,10-11,14H,8-9,12,18H2,1H3. The Labute approximate surface area is 120 Å². The van der Waals surface area contributed by atoms with Gasteiger partial charge in [0.25, 0.3) is 0 Å². The van der Waals surface area contributed by atoms with E-state index >= 15 is 0 Å². The molecule has 3 rings (SSSR count). The molecule has 0 aliphatic carbocycles. The molecule has 1 saturated heterocycles. The molecular formula is C17H20N2O. The number of methoxy groups -OCH3 is 1. The van der Waals surface area contributed by atoms with Gasteiger partial charge < -0.3 is 15.4 Å². The van der Waals surface area contributed by atoms with E-state index in [-0.39, 0.29) is 0 Å². The highest BCUT2D eigenvalue weighted by Gasteiger charge is 2.24. The SMILES string of the molecule is COc1cccc(N2CCC(c3cccc(N)c3)C2)c1. The number of hydrogen-bond acceptors (Lipinski definition) is 3. The Morgan fingerprint density at radius 3 is 2.80 bits per heavy atom. The van der Waals surface area contributed by atoms with Gasteiger partial charge in [-0.2, -0.15) is 0 Å². The van der Waals surface area contributed by atoms with E-state index < -0.39 is 0 Å². The fourth-order valence-corrected chi connectivity index (χ4v) is 2.89. The molecule has 3 nitrogen and oxygen atoms in total. The van der Waals surface area contributed by atoms with E-state index in [9.17, 15) is 0 Å². The van der Waals surface area contributed by atoms with Crippen LogP contribution >= 0.6 is 0 Å². The lowest BCUT2D eigenvalue weighted by Crippen LogP contribution is -2.19. The van der Waals surface area contributed by atoms with Gasteiger partial charge in [-0.3, -0.25) is 0 Å². The molecule has 3 heteroatoms. The van der Waals surface area contributed by atoms with Crippen LogP contribution in [0.4, 0.5) is 11.4 Å². The first-order chi connectivity index (χ1) is 9.76. The van der Waals surface area contributed by atoms with Crippen LogP contribution in [0.5, 0.6) is 5.75 Å². The topological polar surface area (TPSA) is 38.5 Å². The lowest BCUT2D eigenvalue weighted by Gasteiger charge is -2.19. The van der Waals surface area contributed by atoms with Gasteiger partial charge in [0.05, 0.1) is 7.11 Å². The molecule has 0 amide bonds. The van der Waals surface area contributed by atoms with Crippen molar-refractivity contribution >= 4 is 11.4 Å². The quantitative estimate of drug-likeness (QED) is 0.868. The number of anilines is 2. The number of benzene rings is 2. The monoisotopic (exact) mass is 268 g/mol. The van der Waals surface area contributed by atoms with Crippen molar-refractivity contribution in [2.24, 2.45) is 0 Å². The fraction of sp³-hybridized carbons (Fsp3) is 0.294. The number of rotatable bonds is 3. The van der Waals surface area contributed by atoms with Crippen LogP contribution in [-0.2, 0) is 0 Å². The van der Waals surface area contributed by atoms with Crippen molar-refractivity contribution in [3.8, 4) is 5.75 Å². The van der Waals surface area contributed by atoms with E-state index in [1.807, 2.05) is 24.3 Å². The van der Waals surface area contributed by atoms with Crippen molar-refractivity contribution in [1.29, 1.82) is 0 Å². The molecule has 2 aromatic rings. The minimum atomic E-state index is 0.560. The Morgan fingerprint density at radius 2 is 2.00 bits per heavy atom. The van der Waals surface area contributed by atoms with Gasteiger partial charge in [-0.1, -0.05) is 18.2 Å². The summed E-state index contributed by atoms with van der Waals surface area (Å²) in [6, 6.07) is 16.5.